The van der Waals surface area contributed by atoms with Gasteiger partial charge in [0, 0.05) is 11.9 Å². The first kappa shape index (κ1) is 18.9. The second kappa shape index (κ2) is 9.16. The van der Waals surface area contributed by atoms with Crippen LogP contribution in [0.25, 0.3) is 6.08 Å². The molecule has 0 saturated heterocycles. The number of hydrogen-bond acceptors (Lipinski definition) is 4. The predicted octanol–water partition coefficient (Wildman–Crippen LogP) is 3.89. The lowest BCUT2D eigenvalue weighted by molar-refractivity contribution is 0.501. The fraction of sp³-hybridized carbons (Fsp3) is 0.381. The molecule has 0 fully saturated rings. The van der Waals surface area contributed by atoms with Crippen LogP contribution in [0.2, 0.25) is 0 Å². The summed E-state index contributed by atoms with van der Waals surface area (Å²) in [5.74, 6) is 1.06. The molecule has 2 heterocycles. The first-order chi connectivity index (χ1) is 13.1. The van der Waals surface area contributed by atoms with Crippen LogP contribution in [0.5, 0.6) is 0 Å². The highest BCUT2D eigenvalue weighted by atomic mass is 15.4. The zero-order valence-corrected chi connectivity index (χ0v) is 16.1. The predicted molar refractivity (Wildman–Crippen MR) is 109 cm³/mol. The van der Waals surface area contributed by atoms with Crippen molar-refractivity contribution in [3.8, 4) is 0 Å². The van der Waals surface area contributed by atoms with E-state index in [1.165, 1.54) is 11.1 Å². The highest BCUT2D eigenvalue weighted by Crippen LogP contribution is 2.15. The lowest BCUT2D eigenvalue weighted by Crippen LogP contribution is -2.02. The van der Waals surface area contributed by atoms with Gasteiger partial charge in [0.1, 0.15) is 0 Å². The molecule has 0 saturated carbocycles. The number of allylic oxidation sites excluding steroid dienone is 1. The molecule has 1 atom stereocenters. The van der Waals surface area contributed by atoms with Gasteiger partial charge in [-0.15, -0.1) is 5.10 Å². The van der Waals surface area contributed by atoms with E-state index in [0.29, 0.717) is 11.9 Å². The minimum absolute atomic E-state index is 0.492. The van der Waals surface area contributed by atoms with E-state index in [0.717, 1.165) is 43.6 Å². The number of nitrogens with zero attached hydrogens (tertiary/aromatic N) is 4. The smallest absolute Gasteiger partial charge is 0.197 e. The minimum Gasteiger partial charge on any atom is -0.369 e. The number of aryl methyl sites for hydroxylation is 1. The molecule has 2 aromatic heterocycles. The van der Waals surface area contributed by atoms with Gasteiger partial charge in [0.15, 0.2) is 5.95 Å². The fourth-order valence-corrected chi connectivity index (χ4v) is 3.25. The van der Waals surface area contributed by atoms with Gasteiger partial charge in [-0.2, -0.15) is 0 Å². The third-order valence-electron chi connectivity index (χ3n) is 4.56. The van der Waals surface area contributed by atoms with E-state index in [9.17, 15) is 0 Å². The normalized spacial score (nSPS) is 13.0. The van der Waals surface area contributed by atoms with Crippen molar-refractivity contribution in [3.05, 3.63) is 65.2 Å². The largest absolute Gasteiger partial charge is 0.369 e. The molecule has 1 aromatic carbocycles. The highest BCUT2D eigenvalue weighted by Gasteiger charge is 2.08. The minimum atomic E-state index is 0.492. The molecular weight excluding hydrogens is 336 g/mol. The third-order valence-corrected chi connectivity index (χ3v) is 4.56. The van der Waals surface area contributed by atoms with Crippen molar-refractivity contribution in [1.82, 2.24) is 25.0 Å². The molecule has 0 aliphatic rings. The summed E-state index contributed by atoms with van der Waals surface area (Å²) < 4.78 is 1.92. The Labute approximate surface area is 160 Å². The Balaban J connectivity index is 1.45. The van der Waals surface area contributed by atoms with Crippen LogP contribution in [0.1, 0.15) is 43.6 Å². The average molecular weight is 364 g/mol. The molecule has 1 unspecified atom stereocenters. The molecular formula is C21H28N6. The van der Waals surface area contributed by atoms with Gasteiger partial charge < -0.3 is 10.7 Å². The molecule has 0 bridgehead atoms. The number of imidazole rings is 1. The molecule has 3 aromatic rings. The quantitative estimate of drug-likeness (QED) is 0.603. The van der Waals surface area contributed by atoms with Crippen LogP contribution in [0.3, 0.4) is 0 Å². The lowest BCUT2D eigenvalue weighted by Gasteiger charge is -2.08. The number of nitrogen functional groups attached to an aromatic ring is 1. The molecule has 0 spiro atoms. The summed E-state index contributed by atoms with van der Waals surface area (Å²) >= 11 is 0. The molecule has 27 heavy (non-hydrogen) atoms. The Bertz CT molecular complexity index is 862. The van der Waals surface area contributed by atoms with Gasteiger partial charge in [-0.3, -0.25) is 0 Å². The second-order valence-corrected chi connectivity index (χ2v) is 7.30. The fourth-order valence-electron chi connectivity index (χ4n) is 3.25. The second-order valence-electron chi connectivity index (χ2n) is 7.30. The first-order valence-electron chi connectivity index (χ1n) is 9.49. The summed E-state index contributed by atoms with van der Waals surface area (Å²) in [5, 5.41) is 8.62. The van der Waals surface area contributed by atoms with E-state index in [4.69, 9.17) is 5.73 Å². The van der Waals surface area contributed by atoms with Crippen LogP contribution in [0, 0.1) is 5.92 Å². The number of benzene rings is 1. The topological polar surface area (TPSA) is 85.4 Å². The van der Waals surface area contributed by atoms with Crippen LogP contribution in [-0.2, 0) is 19.4 Å². The van der Waals surface area contributed by atoms with Gasteiger partial charge in [0.2, 0.25) is 0 Å². The van der Waals surface area contributed by atoms with E-state index in [2.05, 4.69) is 70.7 Å². The van der Waals surface area contributed by atoms with Gasteiger partial charge in [-0.05, 0) is 44.1 Å². The SMILES string of the molecule is CC(=Cc1ccccc1)Cn1cc(CC(C)CCCc2cnc(N)[nH]2)nn1. The number of nitrogens with two attached hydrogens (primary N) is 1. The van der Waals surface area contributed by atoms with E-state index < -0.39 is 0 Å². The van der Waals surface area contributed by atoms with Crippen molar-refractivity contribution in [2.45, 2.75) is 46.1 Å². The summed E-state index contributed by atoms with van der Waals surface area (Å²) in [6.07, 6.45) is 10.2. The lowest BCUT2D eigenvalue weighted by atomic mass is 9.98. The summed E-state index contributed by atoms with van der Waals surface area (Å²) in [5.41, 5.74) is 10.2. The van der Waals surface area contributed by atoms with Crippen LogP contribution >= 0.6 is 0 Å². The summed E-state index contributed by atoms with van der Waals surface area (Å²) in [6.45, 7) is 5.15. The zero-order chi connectivity index (χ0) is 19.1. The number of aromatic amines is 1. The molecule has 0 aliphatic heterocycles. The summed E-state index contributed by atoms with van der Waals surface area (Å²) in [6, 6.07) is 10.3. The number of hydrogen-bond donors (Lipinski definition) is 2. The standard InChI is InChI=1S/C21H28N6/c1-16(7-6-10-19-13-23-21(22)24-19)12-20-15-27(26-25-20)14-17(2)11-18-8-4-3-5-9-18/h3-5,8-9,11,13,15-16H,6-7,10,12,14H2,1-2H3,(H3,22,23,24). The third kappa shape index (κ3) is 6.09. The van der Waals surface area contributed by atoms with Crippen molar-refractivity contribution in [3.63, 3.8) is 0 Å². The summed E-state index contributed by atoms with van der Waals surface area (Å²) in [7, 11) is 0. The molecule has 3 rings (SSSR count). The molecule has 6 heteroatoms. The van der Waals surface area contributed by atoms with Crippen molar-refractivity contribution in [2.75, 3.05) is 5.73 Å². The van der Waals surface area contributed by atoms with Gasteiger partial charge in [0.05, 0.1) is 18.4 Å². The number of aromatic nitrogens is 5. The van der Waals surface area contributed by atoms with Crippen molar-refractivity contribution < 1.29 is 0 Å². The van der Waals surface area contributed by atoms with E-state index in [-0.39, 0.29) is 0 Å². The molecule has 0 radical (unpaired) electrons. The Morgan fingerprint density at radius 3 is 2.85 bits per heavy atom. The molecule has 0 amide bonds. The van der Waals surface area contributed by atoms with Gasteiger partial charge in [-0.1, -0.05) is 54.1 Å². The van der Waals surface area contributed by atoms with E-state index in [1.807, 2.05) is 16.9 Å². The number of rotatable bonds is 9. The Morgan fingerprint density at radius 2 is 2.11 bits per heavy atom. The first-order valence-corrected chi connectivity index (χ1v) is 9.49. The van der Waals surface area contributed by atoms with E-state index in [1.54, 1.807) is 0 Å². The van der Waals surface area contributed by atoms with Crippen molar-refractivity contribution in [2.24, 2.45) is 5.92 Å². The van der Waals surface area contributed by atoms with Gasteiger partial charge >= 0.3 is 0 Å². The highest BCUT2D eigenvalue weighted by molar-refractivity contribution is 5.51. The molecule has 3 N–H and O–H groups in total. The van der Waals surface area contributed by atoms with Crippen molar-refractivity contribution >= 4 is 12.0 Å². The maximum atomic E-state index is 5.60. The van der Waals surface area contributed by atoms with Crippen LogP contribution in [0.4, 0.5) is 5.95 Å². The molecule has 142 valence electrons. The van der Waals surface area contributed by atoms with Crippen molar-refractivity contribution in [1.29, 1.82) is 0 Å². The van der Waals surface area contributed by atoms with Gasteiger partial charge in [0.25, 0.3) is 0 Å². The average Bonchev–Trinajstić information content (AvgIpc) is 3.24. The van der Waals surface area contributed by atoms with Crippen LogP contribution in [0.15, 0.2) is 48.3 Å². The number of anilines is 1. The Morgan fingerprint density at radius 1 is 1.30 bits per heavy atom. The molecule has 0 aliphatic carbocycles. The number of nitrogens with one attached hydrogen (secondary N) is 1. The van der Waals surface area contributed by atoms with Crippen LogP contribution < -0.4 is 5.73 Å². The Kier molecular flexibility index (Phi) is 6.41. The van der Waals surface area contributed by atoms with Gasteiger partial charge in [-0.25, -0.2) is 9.67 Å². The monoisotopic (exact) mass is 364 g/mol. The Hall–Kier alpha value is -2.89. The molecule has 6 nitrogen and oxygen atoms in total. The van der Waals surface area contributed by atoms with Crippen LogP contribution in [-0.4, -0.2) is 25.0 Å². The zero-order valence-electron chi connectivity index (χ0n) is 16.1. The summed E-state index contributed by atoms with van der Waals surface area (Å²) in [4.78, 5) is 7.11. The maximum Gasteiger partial charge on any atom is 0.197 e. The van der Waals surface area contributed by atoms with E-state index >= 15 is 0 Å². The maximum absolute atomic E-state index is 5.60. The number of H-pyrrole nitrogens is 1.